The number of nitrogens with one attached hydrogen (secondary N) is 2. The lowest BCUT2D eigenvalue weighted by molar-refractivity contribution is 0.0270. The molecular formula is C28H40N4O5S. The number of alkyl carbamates (subject to hydrolysis) is 1. The molecule has 0 atom stereocenters. The van der Waals surface area contributed by atoms with Crippen LogP contribution in [0.2, 0.25) is 0 Å². The first kappa shape index (κ1) is 30.8. The van der Waals surface area contributed by atoms with E-state index in [1.807, 2.05) is 79.0 Å². The largest absolute Gasteiger partial charge is 0.444 e. The third-order valence-electron chi connectivity index (χ3n) is 4.94. The summed E-state index contributed by atoms with van der Waals surface area (Å²) in [5.74, 6) is -0.294. The number of benzene rings is 1. The molecule has 0 fully saturated rings. The normalized spacial score (nSPS) is 13.5. The van der Waals surface area contributed by atoms with Crippen molar-refractivity contribution in [2.45, 2.75) is 79.6 Å². The van der Waals surface area contributed by atoms with E-state index in [1.165, 1.54) is 11.3 Å². The second-order valence-corrected chi connectivity index (χ2v) is 11.3. The van der Waals surface area contributed by atoms with E-state index in [0.29, 0.717) is 36.8 Å². The van der Waals surface area contributed by atoms with Gasteiger partial charge >= 0.3 is 12.2 Å². The van der Waals surface area contributed by atoms with E-state index >= 15 is 0 Å². The Morgan fingerprint density at radius 1 is 1.00 bits per heavy atom. The summed E-state index contributed by atoms with van der Waals surface area (Å²) >= 11 is 1.27. The molecule has 208 valence electrons. The smallest absolute Gasteiger partial charge is 0.410 e. The van der Waals surface area contributed by atoms with Crippen LogP contribution in [-0.2, 0) is 16.0 Å². The van der Waals surface area contributed by atoms with Gasteiger partial charge in [0.2, 0.25) is 0 Å². The van der Waals surface area contributed by atoms with Crippen molar-refractivity contribution < 1.29 is 23.9 Å². The molecule has 3 amide bonds. The van der Waals surface area contributed by atoms with Crippen molar-refractivity contribution in [2.24, 2.45) is 0 Å². The Labute approximate surface area is 229 Å². The summed E-state index contributed by atoms with van der Waals surface area (Å²) in [4.78, 5) is 42.9. The van der Waals surface area contributed by atoms with Crippen LogP contribution >= 0.6 is 11.3 Å². The summed E-state index contributed by atoms with van der Waals surface area (Å²) < 4.78 is 10.6. The van der Waals surface area contributed by atoms with Gasteiger partial charge in [0.25, 0.3) is 5.91 Å². The minimum atomic E-state index is -0.554. The molecule has 1 aliphatic heterocycles. The van der Waals surface area contributed by atoms with Crippen molar-refractivity contribution in [1.82, 2.24) is 15.2 Å². The van der Waals surface area contributed by atoms with Gasteiger partial charge in [-0.25, -0.2) is 14.6 Å². The zero-order chi connectivity index (χ0) is 28.5. The number of carbonyl (C=O) groups is 3. The highest BCUT2D eigenvalue weighted by Crippen LogP contribution is 2.25. The molecular weight excluding hydrogens is 504 g/mol. The SMILES string of the molecule is CC.CC(C)(C)OC(=O)NCc1ccc(NC(=O)c2nc(C3=CCN(C(=O)OC(C)(C)C)CC3)cs2)cc1. The van der Waals surface area contributed by atoms with Crippen LogP contribution in [0.1, 0.15) is 82.9 Å². The maximum atomic E-state index is 12.7. The van der Waals surface area contributed by atoms with E-state index in [4.69, 9.17) is 9.47 Å². The van der Waals surface area contributed by atoms with Gasteiger partial charge in [-0.1, -0.05) is 32.1 Å². The molecule has 2 aromatic rings. The van der Waals surface area contributed by atoms with Crippen molar-refractivity contribution >= 4 is 40.7 Å². The number of thiazole rings is 1. The summed E-state index contributed by atoms with van der Waals surface area (Å²) in [6.07, 6.45) is 1.78. The van der Waals surface area contributed by atoms with Crippen LogP contribution in [0, 0.1) is 0 Å². The van der Waals surface area contributed by atoms with Crippen molar-refractivity contribution in [2.75, 3.05) is 18.4 Å². The first-order valence-electron chi connectivity index (χ1n) is 12.8. The highest BCUT2D eigenvalue weighted by Gasteiger charge is 2.25. The first-order chi connectivity index (χ1) is 17.8. The Morgan fingerprint density at radius 3 is 2.18 bits per heavy atom. The van der Waals surface area contributed by atoms with Crippen LogP contribution in [0.15, 0.2) is 35.7 Å². The van der Waals surface area contributed by atoms with Crippen LogP contribution in [0.25, 0.3) is 5.57 Å². The molecule has 0 aliphatic carbocycles. The fraction of sp³-hybridized carbons (Fsp3) is 0.500. The van der Waals surface area contributed by atoms with E-state index in [1.54, 1.807) is 17.0 Å². The lowest BCUT2D eigenvalue weighted by Crippen LogP contribution is -2.39. The lowest BCUT2D eigenvalue weighted by atomic mass is 10.1. The summed E-state index contributed by atoms with van der Waals surface area (Å²) in [6.45, 7) is 16.3. The Balaban J connectivity index is 0.00000247. The molecule has 1 aromatic heterocycles. The van der Waals surface area contributed by atoms with Crippen molar-refractivity contribution in [3.63, 3.8) is 0 Å². The highest BCUT2D eigenvalue weighted by atomic mass is 32.1. The van der Waals surface area contributed by atoms with E-state index in [2.05, 4.69) is 15.6 Å². The maximum absolute atomic E-state index is 12.7. The molecule has 0 saturated carbocycles. The molecule has 2 heterocycles. The Morgan fingerprint density at radius 2 is 1.63 bits per heavy atom. The number of ether oxygens (including phenoxy) is 2. The quantitative estimate of drug-likeness (QED) is 0.446. The average Bonchev–Trinajstić information content (AvgIpc) is 3.33. The second kappa shape index (κ2) is 13.4. The van der Waals surface area contributed by atoms with E-state index in [9.17, 15) is 14.4 Å². The summed E-state index contributed by atoms with van der Waals surface area (Å²) in [6, 6.07) is 7.19. The number of hydrogen-bond donors (Lipinski definition) is 2. The lowest BCUT2D eigenvalue weighted by Gasteiger charge is -2.29. The van der Waals surface area contributed by atoms with Crippen LogP contribution < -0.4 is 10.6 Å². The van der Waals surface area contributed by atoms with Crippen LogP contribution in [0.5, 0.6) is 0 Å². The number of anilines is 1. The predicted molar refractivity (Wildman–Crippen MR) is 151 cm³/mol. The standard InChI is InChI=1S/C26H34N4O5S.C2H6/c1-25(2,3)34-23(32)27-15-17-7-9-19(10-8-17)28-21(31)22-29-20(16-36-22)18-11-13-30(14-12-18)24(33)35-26(4,5)6;1-2/h7-11,16H,12-15H2,1-6H3,(H,27,32)(H,28,31);1-2H3. The molecule has 1 aromatic carbocycles. The monoisotopic (exact) mass is 544 g/mol. The maximum Gasteiger partial charge on any atom is 0.410 e. The van der Waals surface area contributed by atoms with E-state index in [-0.39, 0.29) is 12.0 Å². The Kier molecular flexibility index (Phi) is 10.9. The average molecular weight is 545 g/mol. The van der Waals surface area contributed by atoms with Crippen LogP contribution in [-0.4, -0.2) is 52.3 Å². The zero-order valence-electron chi connectivity index (χ0n) is 23.6. The van der Waals surface area contributed by atoms with Gasteiger partial charge in [0.15, 0.2) is 5.01 Å². The van der Waals surface area contributed by atoms with Gasteiger partial charge in [0, 0.05) is 30.7 Å². The molecule has 0 bridgehead atoms. The van der Waals surface area contributed by atoms with Gasteiger partial charge in [0.1, 0.15) is 11.2 Å². The molecule has 9 nitrogen and oxygen atoms in total. The van der Waals surface area contributed by atoms with Gasteiger partial charge in [-0.05, 0) is 71.2 Å². The predicted octanol–water partition coefficient (Wildman–Crippen LogP) is 6.47. The number of rotatable bonds is 5. The summed E-state index contributed by atoms with van der Waals surface area (Å²) in [7, 11) is 0. The third-order valence-corrected chi connectivity index (χ3v) is 5.78. The molecule has 2 N–H and O–H groups in total. The Hall–Kier alpha value is -3.40. The number of nitrogens with zero attached hydrogens (tertiary/aromatic N) is 2. The number of aromatic nitrogens is 1. The Bertz CT molecular complexity index is 1130. The molecule has 0 saturated heterocycles. The fourth-order valence-corrected chi connectivity index (χ4v) is 4.03. The van der Waals surface area contributed by atoms with Crippen LogP contribution in [0.4, 0.5) is 15.3 Å². The first-order valence-corrected chi connectivity index (χ1v) is 13.7. The fourth-order valence-electron chi connectivity index (χ4n) is 3.30. The number of amides is 3. The molecule has 3 rings (SSSR count). The molecule has 10 heteroatoms. The number of hydrogen-bond acceptors (Lipinski definition) is 7. The number of carbonyl (C=O) groups excluding carboxylic acids is 3. The molecule has 0 spiro atoms. The summed E-state index contributed by atoms with van der Waals surface area (Å²) in [5.41, 5.74) is 2.17. The van der Waals surface area contributed by atoms with Gasteiger partial charge < -0.3 is 25.0 Å². The zero-order valence-corrected chi connectivity index (χ0v) is 24.5. The van der Waals surface area contributed by atoms with E-state index < -0.39 is 17.3 Å². The highest BCUT2D eigenvalue weighted by molar-refractivity contribution is 7.12. The topological polar surface area (TPSA) is 110 Å². The van der Waals surface area contributed by atoms with Crippen molar-refractivity contribution in [3.05, 3.63) is 52.0 Å². The summed E-state index contributed by atoms with van der Waals surface area (Å²) in [5, 5.41) is 7.77. The second-order valence-electron chi connectivity index (χ2n) is 10.5. The molecule has 1 aliphatic rings. The van der Waals surface area contributed by atoms with Gasteiger partial charge in [-0.2, -0.15) is 0 Å². The van der Waals surface area contributed by atoms with Gasteiger partial charge in [0.05, 0.1) is 5.69 Å². The molecule has 38 heavy (non-hydrogen) atoms. The van der Waals surface area contributed by atoms with Crippen molar-refractivity contribution in [1.29, 1.82) is 0 Å². The third kappa shape index (κ3) is 10.2. The van der Waals surface area contributed by atoms with Crippen molar-refractivity contribution in [3.8, 4) is 0 Å². The molecule has 0 radical (unpaired) electrons. The van der Waals surface area contributed by atoms with Gasteiger partial charge in [-0.15, -0.1) is 11.3 Å². The van der Waals surface area contributed by atoms with E-state index in [0.717, 1.165) is 16.8 Å². The van der Waals surface area contributed by atoms with Crippen LogP contribution in [0.3, 0.4) is 0 Å². The minimum absolute atomic E-state index is 0.294. The minimum Gasteiger partial charge on any atom is -0.444 e. The van der Waals surface area contributed by atoms with Gasteiger partial charge in [-0.3, -0.25) is 4.79 Å². The molecule has 0 unspecified atom stereocenters.